The Bertz CT molecular complexity index is 853. The van der Waals surface area contributed by atoms with Crippen LogP contribution in [0.1, 0.15) is 0 Å². The number of rotatable bonds is 3. The summed E-state index contributed by atoms with van der Waals surface area (Å²) in [5.74, 6) is -1.62. The van der Waals surface area contributed by atoms with Crippen molar-refractivity contribution in [2.24, 2.45) is 0 Å². The van der Waals surface area contributed by atoms with Gasteiger partial charge in [0.15, 0.2) is 11.5 Å². The minimum atomic E-state index is -0.897. The van der Waals surface area contributed by atoms with Gasteiger partial charge >= 0.3 is 5.69 Å². The molecule has 3 aromatic rings. The van der Waals surface area contributed by atoms with Crippen LogP contribution in [0.2, 0.25) is 5.28 Å². The van der Waals surface area contributed by atoms with Gasteiger partial charge in [-0.1, -0.05) is 6.07 Å². The van der Waals surface area contributed by atoms with E-state index < -0.39 is 22.2 Å². The Morgan fingerprint density at radius 1 is 1.38 bits per heavy atom. The molecule has 0 fully saturated rings. The number of nitrogens with zero attached hydrogens (tertiary/aromatic N) is 4. The van der Waals surface area contributed by atoms with E-state index in [2.05, 4.69) is 19.9 Å². The first-order chi connectivity index (χ1) is 10.1. The lowest BCUT2D eigenvalue weighted by Crippen LogP contribution is -1.98. The van der Waals surface area contributed by atoms with Gasteiger partial charge in [-0.3, -0.25) is 10.1 Å². The third-order valence-electron chi connectivity index (χ3n) is 2.57. The van der Waals surface area contributed by atoms with Crippen LogP contribution in [-0.4, -0.2) is 24.9 Å². The number of halogens is 2. The molecule has 0 aliphatic heterocycles. The number of fused-ring (bicyclic) bond motifs is 1. The second-order valence-electron chi connectivity index (χ2n) is 3.85. The van der Waals surface area contributed by atoms with Crippen molar-refractivity contribution in [2.45, 2.75) is 0 Å². The van der Waals surface area contributed by atoms with Crippen molar-refractivity contribution in [3.05, 3.63) is 45.7 Å². The topological polar surface area (TPSA) is 107 Å². The second-order valence-corrected chi connectivity index (χ2v) is 4.18. The predicted molar refractivity (Wildman–Crippen MR) is 69.8 cm³/mol. The van der Waals surface area contributed by atoms with E-state index in [-0.39, 0.29) is 22.3 Å². The molecule has 3 rings (SSSR count). The third-order valence-corrected chi connectivity index (χ3v) is 2.74. The van der Waals surface area contributed by atoms with Crippen molar-refractivity contribution in [3.63, 3.8) is 0 Å². The molecule has 0 aliphatic rings. The molecule has 0 amide bonds. The predicted octanol–water partition coefficient (Wildman–Crippen LogP) is 2.85. The molecule has 2 aromatic heterocycles. The highest BCUT2D eigenvalue weighted by Gasteiger charge is 2.22. The van der Waals surface area contributed by atoms with Gasteiger partial charge in [-0.2, -0.15) is 9.97 Å². The molecule has 0 saturated heterocycles. The number of benzene rings is 1. The first-order valence-electron chi connectivity index (χ1n) is 5.53. The Kier molecular flexibility index (Phi) is 3.10. The highest BCUT2D eigenvalue weighted by molar-refractivity contribution is 6.28. The van der Waals surface area contributed by atoms with Gasteiger partial charge in [-0.05, 0) is 17.7 Å². The summed E-state index contributed by atoms with van der Waals surface area (Å²) in [5.41, 5.74) is -0.0849. The molecule has 1 N–H and O–H groups in total. The van der Waals surface area contributed by atoms with Crippen LogP contribution in [0.15, 0.2) is 24.5 Å². The lowest BCUT2D eigenvalue weighted by molar-refractivity contribution is -0.385. The Balaban J connectivity index is 2.15. The second kappa shape index (κ2) is 4.94. The quantitative estimate of drug-likeness (QED) is 0.453. The molecular formula is C11H5ClFN5O3. The van der Waals surface area contributed by atoms with E-state index in [1.807, 2.05) is 0 Å². The van der Waals surface area contributed by atoms with E-state index in [9.17, 15) is 14.5 Å². The molecule has 0 unspecified atom stereocenters. The number of aromatic amines is 1. The number of hydrogen-bond acceptors (Lipinski definition) is 6. The van der Waals surface area contributed by atoms with Crippen molar-refractivity contribution in [1.82, 2.24) is 19.9 Å². The van der Waals surface area contributed by atoms with E-state index >= 15 is 0 Å². The molecule has 0 saturated carbocycles. The zero-order valence-electron chi connectivity index (χ0n) is 10.1. The van der Waals surface area contributed by atoms with Crippen molar-refractivity contribution >= 4 is 28.5 Å². The summed E-state index contributed by atoms with van der Waals surface area (Å²) in [7, 11) is 0. The molecule has 0 aliphatic carbocycles. The number of hydrogen-bond donors (Lipinski definition) is 1. The molecular weight excluding hydrogens is 305 g/mol. The van der Waals surface area contributed by atoms with Gasteiger partial charge in [-0.15, -0.1) is 0 Å². The molecule has 0 atom stereocenters. The molecule has 106 valence electrons. The molecule has 0 spiro atoms. The number of nitro groups is 1. The molecule has 1 aromatic carbocycles. The summed E-state index contributed by atoms with van der Waals surface area (Å²) < 4.78 is 19.0. The zero-order valence-corrected chi connectivity index (χ0v) is 10.8. The van der Waals surface area contributed by atoms with Crippen LogP contribution < -0.4 is 4.74 Å². The molecule has 10 heteroatoms. The summed E-state index contributed by atoms with van der Waals surface area (Å²) in [5, 5.41) is 10.7. The van der Waals surface area contributed by atoms with E-state index in [1.165, 1.54) is 12.4 Å². The van der Waals surface area contributed by atoms with Gasteiger partial charge < -0.3 is 9.72 Å². The minimum absolute atomic E-state index is 0.157. The summed E-state index contributed by atoms with van der Waals surface area (Å²) in [6.07, 6.45) is 1.32. The monoisotopic (exact) mass is 309 g/mol. The number of ether oxygens (including phenoxy) is 1. The largest absolute Gasteiger partial charge is 0.426 e. The maximum absolute atomic E-state index is 13.8. The Morgan fingerprint density at radius 3 is 2.95 bits per heavy atom. The fourth-order valence-corrected chi connectivity index (χ4v) is 1.85. The van der Waals surface area contributed by atoms with Crippen LogP contribution in [0.25, 0.3) is 11.2 Å². The molecule has 2 heterocycles. The summed E-state index contributed by atoms with van der Waals surface area (Å²) >= 11 is 5.71. The Labute approximate surface area is 120 Å². The molecule has 8 nitrogen and oxygen atoms in total. The van der Waals surface area contributed by atoms with Gasteiger partial charge in [-0.25, -0.2) is 9.37 Å². The first kappa shape index (κ1) is 13.2. The lowest BCUT2D eigenvalue weighted by Gasteiger charge is -2.07. The Morgan fingerprint density at radius 2 is 2.19 bits per heavy atom. The number of aromatic nitrogens is 4. The van der Waals surface area contributed by atoms with E-state index in [1.54, 1.807) is 0 Å². The normalized spacial score (nSPS) is 10.8. The standard InChI is InChI=1S/C11H5ClFN5O3/c12-11-16-9-7(14-4-15-9)10(17-11)21-8-5(13)2-1-3-6(8)18(19)20/h1-4H,(H,14,15,16,17). The van der Waals surface area contributed by atoms with E-state index in [4.69, 9.17) is 16.3 Å². The third kappa shape index (κ3) is 2.34. The van der Waals surface area contributed by atoms with Crippen LogP contribution in [0.4, 0.5) is 10.1 Å². The molecule has 0 bridgehead atoms. The van der Waals surface area contributed by atoms with Crippen molar-refractivity contribution in [2.75, 3.05) is 0 Å². The fraction of sp³-hybridized carbons (Fsp3) is 0. The van der Waals surface area contributed by atoms with Crippen molar-refractivity contribution < 1.29 is 14.1 Å². The fourth-order valence-electron chi connectivity index (χ4n) is 1.69. The highest BCUT2D eigenvalue weighted by atomic mass is 35.5. The van der Waals surface area contributed by atoms with E-state index in [0.717, 1.165) is 12.1 Å². The van der Waals surface area contributed by atoms with Gasteiger partial charge in [0.2, 0.25) is 11.0 Å². The average Bonchev–Trinajstić information content (AvgIpc) is 2.88. The zero-order chi connectivity index (χ0) is 15.0. The molecule has 21 heavy (non-hydrogen) atoms. The van der Waals surface area contributed by atoms with Gasteiger partial charge in [0.1, 0.15) is 5.52 Å². The van der Waals surface area contributed by atoms with Crippen molar-refractivity contribution in [1.29, 1.82) is 0 Å². The van der Waals surface area contributed by atoms with Crippen LogP contribution in [0.3, 0.4) is 0 Å². The SMILES string of the molecule is O=[N+]([O-])c1cccc(F)c1Oc1nc(Cl)nc2nc[nH]c12. The van der Waals surface area contributed by atoms with Gasteiger partial charge in [0.25, 0.3) is 5.88 Å². The summed E-state index contributed by atoms with van der Waals surface area (Å²) in [4.78, 5) is 24.3. The van der Waals surface area contributed by atoms with Crippen LogP contribution in [-0.2, 0) is 0 Å². The maximum atomic E-state index is 13.8. The number of nitro benzene ring substituents is 1. The highest BCUT2D eigenvalue weighted by Crippen LogP contribution is 2.35. The molecule has 0 radical (unpaired) electrons. The smallest absolute Gasteiger partial charge is 0.314 e. The van der Waals surface area contributed by atoms with Crippen LogP contribution in [0, 0.1) is 15.9 Å². The minimum Gasteiger partial charge on any atom is -0.426 e. The number of para-hydroxylation sites is 1. The Hall–Kier alpha value is -2.81. The number of H-pyrrole nitrogens is 1. The lowest BCUT2D eigenvalue weighted by atomic mass is 10.3. The van der Waals surface area contributed by atoms with Gasteiger partial charge in [0, 0.05) is 6.07 Å². The van der Waals surface area contributed by atoms with Crippen molar-refractivity contribution in [3.8, 4) is 11.6 Å². The van der Waals surface area contributed by atoms with E-state index in [0.29, 0.717) is 0 Å². The number of nitrogens with one attached hydrogen (secondary N) is 1. The average molecular weight is 310 g/mol. The van der Waals surface area contributed by atoms with Crippen LogP contribution >= 0.6 is 11.6 Å². The summed E-state index contributed by atoms with van der Waals surface area (Å²) in [6.45, 7) is 0. The first-order valence-corrected chi connectivity index (χ1v) is 5.91. The van der Waals surface area contributed by atoms with Gasteiger partial charge in [0.05, 0.1) is 11.3 Å². The van der Waals surface area contributed by atoms with Crippen LogP contribution in [0.5, 0.6) is 11.6 Å². The summed E-state index contributed by atoms with van der Waals surface area (Å²) in [6, 6.07) is 3.36. The number of imidazole rings is 1. The maximum Gasteiger partial charge on any atom is 0.314 e.